The second kappa shape index (κ2) is 6.50. The summed E-state index contributed by atoms with van der Waals surface area (Å²) < 4.78 is 0.502. The zero-order valence-corrected chi connectivity index (χ0v) is 12.3. The first kappa shape index (κ1) is 13.8. The summed E-state index contributed by atoms with van der Waals surface area (Å²) in [6.45, 7) is 6.83. The molecule has 0 unspecified atom stereocenters. The number of rotatable bonds is 2. The van der Waals surface area contributed by atoms with Crippen molar-refractivity contribution >= 4 is 17.7 Å². The Kier molecular flexibility index (Phi) is 4.98. The molecule has 0 atom stereocenters. The van der Waals surface area contributed by atoms with E-state index >= 15 is 0 Å². The molecule has 1 N–H and O–H groups in total. The Hall–Kier alpha value is -0.640. The van der Waals surface area contributed by atoms with Gasteiger partial charge in [-0.05, 0) is 12.8 Å². The van der Waals surface area contributed by atoms with Crippen LogP contribution in [0.3, 0.4) is 0 Å². The molecule has 1 saturated carbocycles. The van der Waals surface area contributed by atoms with Crippen molar-refractivity contribution in [3.8, 4) is 0 Å². The van der Waals surface area contributed by atoms with Gasteiger partial charge in [0, 0.05) is 37.2 Å². The van der Waals surface area contributed by atoms with E-state index in [0.29, 0.717) is 4.75 Å². The van der Waals surface area contributed by atoms with Crippen molar-refractivity contribution in [2.45, 2.75) is 36.9 Å². The standard InChI is InChI=1S/C14H25N3S/c1-3-9-16-13(15-2)17-10-11-18-14(12-17)7-5-4-6-8-14/h3H,1,4-12H2,2H3,(H,15,16). The van der Waals surface area contributed by atoms with E-state index in [1.807, 2.05) is 13.1 Å². The van der Waals surface area contributed by atoms with Gasteiger partial charge in [-0.3, -0.25) is 4.99 Å². The SMILES string of the molecule is C=CCNC(=NC)N1CCSC2(CCCCC2)C1. The van der Waals surface area contributed by atoms with Gasteiger partial charge in [0.05, 0.1) is 0 Å². The average molecular weight is 267 g/mol. The highest BCUT2D eigenvalue weighted by molar-refractivity contribution is 8.00. The summed E-state index contributed by atoms with van der Waals surface area (Å²) >= 11 is 2.20. The predicted octanol–water partition coefficient (Wildman–Crippen LogP) is 2.50. The first-order chi connectivity index (χ1) is 8.79. The molecule has 2 rings (SSSR count). The van der Waals surface area contributed by atoms with Crippen molar-refractivity contribution in [3.63, 3.8) is 0 Å². The molecule has 0 aromatic carbocycles. The molecule has 1 aliphatic heterocycles. The Morgan fingerprint density at radius 1 is 1.44 bits per heavy atom. The molecule has 18 heavy (non-hydrogen) atoms. The van der Waals surface area contributed by atoms with E-state index < -0.39 is 0 Å². The summed E-state index contributed by atoms with van der Waals surface area (Å²) in [5.41, 5.74) is 0. The van der Waals surface area contributed by atoms with Crippen molar-refractivity contribution in [2.24, 2.45) is 4.99 Å². The van der Waals surface area contributed by atoms with Crippen LogP contribution in [0.5, 0.6) is 0 Å². The van der Waals surface area contributed by atoms with E-state index in [9.17, 15) is 0 Å². The van der Waals surface area contributed by atoms with Gasteiger partial charge in [-0.2, -0.15) is 11.8 Å². The molecular formula is C14H25N3S. The zero-order valence-electron chi connectivity index (χ0n) is 11.5. The topological polar surface area (TPSA) is 27.6 Å². The van der Waals surface area contributed by atoms with E-state index in [1.54, 1.807) is 0 Å². The highest BCUT2D eigenvalue weighted by Crippen LogP contribution is 2.42. The van der Waals surface area contributed by atoms with Crippen LogP contribution in [0.2, 0.25) is 0 Å². The van der Waals surface area contributed by atoms with Gasteiger partial charge in [0.1, 0.15) is 0 Å². The van der Waals surface area contributed by atoms with Crippen LogP contribution in [0.4, 0.5) is 0 Å². The van der Waals surface area contributed by atoms with E-state index in [-0.39, 0.29) is 0 Å². The Morgan fingerprint density at radius 3 is 2.89 bits per heavy atom. The number of aliphatic imine (C=N–C) groups is 1. The van der Waals surface area contributed by atoms with Crippen molar-refractivity contribution in [1.82, 2.24) is 10.2 Å². The fraction of sp³-hybridized carbons (Fsp3) is 0.786. The maximum Gasteiger partial charge on any atom is 0.193 e. The zero-order chi connectivity index (χ0) is 12.8. The molecule has 0 aromatic rings. The Bertz CT molecular complexity index is 303. The molecule has 3 nitrogen and oxygen atoms in total. The van der Waals surface area contributed by atoms with Crippen LogP contribution in [0.15, 0.2) is 17.6 Å². The summed E-state index contributed by atoms with van der Waals surface area (Å²) in [5, 5.41) is 3.36. The lowest BCUT2D eigenvalue weighted by atomic mass is 9.87. The highest BCUT2D eigenvalue weighted by Gasteiger charge is 2.37. The molecule has 1 spiro atoms. The fourth-order valence-electron chi connectivity index (χ4n) is 3.02. The maximum atomic E-state index is 4.40. The van der Waals surface area contributed by atoms with E-state index in [1.165, 1.54) is 37.9 Å². The molecule has 0 aromatic heterocycles. The summed E-state index contributed by atoms with van der Waals surface area (Å²) in [5.74, 6) is 2.27. The van der Waals surface area contributed by atoms with Crippen LogP contribution in [-0.4, -0.2) is 48.0 Å². The van der Waals surface area contributed by atoms with E-state index in [0.717, 1.165) is 25.6 Å². The molecular weight excluding hydrogens is 242 g/mol. The van der Waals surface area contributed by atoms with Crippen molar-refractivity contribution in [3.05, 3.63) is 12.7 Å². The van der Waals surface area contributed by atoms with Gasteiger partial charge in [-0.15, -0.1) is 6.58 Å². The molecule has 2 aliphatic rings. The largest absolute Gasteiger partial charge is 0.353 e. The average Bonchev–Trinajstić information content (AvgIpc) is 2.41. The highest BCUT2D eigenvalue weighted by atomic mass is 32.2. The molecule has 1 saturated heterocycles. The van der Waals surface area contributed by atoms with Gasteiger partial charge in [-0.1, -0.05) is 25.3 Å². The van der Waals surface area contributed by atoms with Gasteiger partial charge >= 0.3 is 0 Å². The maximum absolute atomic E-state index is 4.40. The van der Waals surface area contributed by atoms with Crippen LogP contribution < -0.4 is 5.32 Å². The molecule has 1 aliphatic carbocycles. The second-order valence-electron chi connectivity index (χ2n) is 5.23. The third-order valence-corrected chi connectivity index (χ3v) is 5.47. The summed E-state index contributed by atoms with van der Waals surface area (Å²) in [6.07, 6.45) is 8.88. The van der Waals surface area contributed by atoms with Gasteiger partial charge in [0.15, 0.2) is 5.96 Å². The van der Waals surface area contributed by atoms with Gasteiger partial charge in [0.25, 0.3) is 0 Å². The molecule has 2 fully saturated rings. The third-order valence-electron chi connectivity index (χ3n) is 3.93. The van der Waals surface area contributed by atoms with Crippen LogP contribution >= 0.6 is 11.8 Å². The number of nitrogens with one attached hydrogen (secondary N) is 1. The summed E-state index contributed by atoms with van der Waals surface area (Å²) in [6, 6.07) is 0. The van der Waals surface area contributed by atoms with Crippen molar-refractivity contribution < 1.29 is 0 Å². The molecule has 0 amide bonds. The lowest BCUT2D eigenvalue weighted by Gasteiger charge is -2.45. The minimum Gasteiger partial charge on any atom is -0.353 e. The van der Waals surface area contributed by atoms with Crippen LogP contribution in [0.1, 0.15) is 32.1 Å². The second-order valence-corrected chi connectivity index (χ2v) is 6.79. The number of guanidine groups is 1. The lowest BCUT2D eigenvalue weighted by Crippen LogP contribution is -2.53. The first-order valence-corrected chi connectivity index (χ1v) is 7.99. The summed E-state index contributed by atoms with van der Waals surface area (Å²) in [4.78, 5) is 6.84. The van der Waals surface area contributed by atoms with Gasteiger partial charge < -0.3 is 10.2 Å². The first-order valence-electron chi connectivity index (χ1n) is 7.00. The Morgan fingerprint density at radius 2 is 2.22 bits per heavy atom. The third kappa shape index (κ3) is 3.22. The molecule has 0 bridgehead atoms. The molecule has 4 heteroatoms. The molecule has 0 radical (unpaired) electrons. The van der Waals surface area contributed by atoms with Crippen LogP contribution in [0, 0.1) is 0 Å². The van der Waals surface area contributed by atoms with Gasteiger partial charge in [-0.25, -0.2) is 0 Å². The van der Waals surface area contributed by atoms with E-state index in [2.05, 4.69) is 33.5 Å². The number of hydrogen-bond donors (Lipinski definition) is 1. The predicted molar refractivity (Wildman–Crippen MR) is 81.4 cm³/mol. The quantitative estimate of drug-likeness (QED) is 0.473. The normalized spacial score (nSPS) is 24.1. The Labute approximate surface area is 115 Å². The molecule has 1 heterocycles. The van der Waals surface area contributed by atoms with Crippen molar-refractivity contribution in [1.29, 1.82) is 0 Å². The van der Waals surface area contributed by atoms with E-state index in [4.69, 9.17) is 0 Å². The number of hydrogen-bond acceptors (Lipinski definition) is 2. The lowest BCUT2D eigenvalue weighted by molar-refractivity contribution is 0.294. The number of nitrogens with zero attached hydrogens (tertiary/aromatic N) is 2. The number of thioether (sulfide) groups is 1. The summed E-state index contributed by atoms with van der Waals surface area (Å²) in [7, 11) is 1.88. The fourth-order valence-corrected chi connectivity index (χ4v) is 4.59. The van der Waals surface area contributed by atoms with Crippen LogP contribution in [-0.2, 0) is 0 Å². The monoisotopic (exact) mass is 267 g/mol. The van der Waals surface area contributed by atoms with Crippen LogP contribution in [0.25, 0.3) is 0 Å². The molecule has 102 valence electrons. The van der Waals surface area contributed by atoms with Gasteiger partial charge in [0.2, 0.25) is 0 Å². The minimum absolute atomic E-state index is 0.502. The smallest absolute Gasteiger partial charge is 0.193 e. The van der Waals surface area contributed by atoms with Crippen molar-refractivity contribution in [2.75, 3.05) is 32.4 Å². The Balaban J connectivity index is 1.98. The minimum atomic E-state index is 0.502.